The van der Waals surface area contributed by atoms with Crippen LogP contribution in [0.1, 0.15) is 54.4 Å². The highest BCUT2D eigenvalue weighted by atomic mass is 16.7. The number of nitrogens with one attached hydrogen (secondary N) is 1. The molecule has 1 heterocycles. The Kier molecular flexibility index (Phi) is 9.01. The van der Waals surface area contributed by atoms with Gasteiger partial charge in [-0.15, -0.1) is 0 Å². The van der Waals surface area contributed by atoms with Gasteiger partial charge >= 0.3 is 12.1 Å². The molecule has 4 aromatic rings. The van der Waals surface area contributed by atoms with Crippen LogP contribution in [0.3, 0.4) is 0 Å². The minimum atomic E-state index is -0.980. The Labute approximate surface area is 258 Å². The van der Waals surface area contributed by atoms with Gasteiger partial charge in [-0.3, -0.25) is 0 Å². The second-order valence-corrected chi connectivity index (χ2v) is 11.4. The molecular formula is C37H37N3O4. The second kappa shape index (κ2) is 13.6. The number of ether oxygens (including phenoxy) is 1. The molecule has 1 amide bonds. The number of fused-ring (bicyclic) bond motifs is 3. The van der Waals surface area contributed by atoms with Gasteiger partial charge < -0.3 is 19.8 Å². The van der Waals surface area contributed by atoms with Crippen LogP contribution in [0.25, 0.3) is 11.1 Å². The highest BCUT2D eigenvalue weighted by molar-refractivity contribution is 5.99. The van der Waals surface area contributed by atoms with Crippen molar-refractivity contribution < 1.29 is 19.2 Å². The van der Waals surface area contributed by atoms with E-state index in [-0.39, 0.29) is 18.9 Å². The first-order valence-electron chi connectivity index (χ1n) is 15.3. The molecular weight excluding hydrogens is 550 g/mol. The van der Waals surface area contributed by atoms with Crippen LogP contribution >= 0.6 is 0 Å². The summed E-state index contributed by atoms with van der Waals surface area (Å²) in [5.74, 6) is -0.743. The molecule has 1 atom stereocenters. The Morgan fingerprint density at radius 1 is 0.818 bits per heavy atom. The van der Waals surface area contributed by atoms with Gasteiger partial charge in [-0.25, -0.2) is 9.59 Å². The predicted molar refractivity (Wildman–Crippen MR) is 173 cm³/mol. The van der Waals surface area contributed by atoms with Crippen LogP contribution in [0.15, 0.2) is 108 Å². The zero-order chi connectivity index (χ0) is 30.3. The maximum absolute atomic E-state index is 13.3. The number of anilines is 1. The van der Waals surface area contributed by atoms with Gasteiger partial charge in [0.25, 0.3) is 0 Å². The zero-order valence-electron chi connectivity index (χ0n) is 24.9. The number of hydrogen-bond donors (Lipinski definition) is 1. The lowest BCUT2D eigenvalue weighted by Gasteiger charge is -2.28. The summed E-state index contributed by atoms with van der Waals surface area (Å²) in [5.41, 5.74) is 8.04. The minimum Gasteiger partial charge on any atom is -0.449 e. The molecule has 0 radical (unpaired) electrons. The Hall–Kier alpha value is -4.91. The molecule has 44 heavy (non-hydrogen) atoms. The van der Waals surface area contributed by atoms with Crippen molar-refractivity contribution in [1.82, 2.24) is 5.32 Å². The van der Waals surface area contributed by atoms with Gasteiger partial charge in [0.05, 0.1) is 5.71 Å². The van der Waals surface area contributed by atoms with E-state index in [9.17, 15) is 9.59 Å². The molecule has 4 aromatic carbocycles. The number of rotatable bonds is 9. The van der Waals surface area contributed by atoms with Crippen molar-refractivity contribution in [3.05, 3.63) is 125 Å². The van der Waals surface area contributed by atoms with Gasteiger partial charge in [-0.1, -0.05) is 96.2 Å². The Morgan fingerprint density at radius 2 is 1.43 bits per heavy atom. The first-order valence-corrected chi connectivity index (χ1v) is 15.3. The van der Waals surface area contributed by atoms with E-state index >= 15 is 0 Å². The van der Waals surface area contributed by atoms with Crippen molar-refractivity contribution in [2.24, 2.45) is 5.16 Å². The van der Waals surface area contributed by atoms with Gasteiger partial charge in [0.1, 0.15) is 12.6 Å². The number of oxime groups is 1. The summed E-state index contributed by atoms with van der Waals surface area (Å²) in [5, 5.41) is 6.86. The molecule has 1 aliphatic carbocycles. The molecule has 224 valence electrons. The highest BCUT2D eigenvalue weighted by Gasteiger charge is 2.30. The molecule has 7 nitrogen and oxygen atoms in total. The highest BCUT2D eigenvalue weighted by Crippen LogP contribution is 2.44. The van der Waals surface area contributed by atoms with Gasteiger partial charge in [0.15, 0.2) is 0 Å². The molecule has 1 fully saturated rings. The standard InChI is InChI=1S/C37H37N3O4/c1-26(28-18-20-29(21-19-28)40-22-10-3-11-23-40)39-44-36(41)35(24-27-12-4-2-5-13-27)38-37(42)43-25-34-32-16-8-6-14-30(32)31-15-7-9-17-33(31)34/h2,4-9,12-21,34-35H,3,10-11,22-25H2,1H3,(H,38,42)/b39-26+/t35-/m0/s1. The van der Waals surface area contributed by atoms with Crippen molar-refractivity contribution in [3.63, 3.8) is 0 Å². The predicted octanol–water partition coefficient (Wildman–Crippen LogP) is 7.09. The summed E-state index contributed by atoms with van der Waals surface area (Å²) in [6.07, 6.45) is 3.27. The third-order valence-corrected chi connectivity index (χ3v) is 8.48. The second-order valence-electron chi connectivity index (χ2n) is 11.4. The normalized spacial score (nSPS) is 15.2. The molecule has 0 aromatic heterocycles. The number of hydrogen-bond acceptors (Lipinski definition) is 6. The fourth-order valence-electron chi connectivity index (χ4n) is 6.12. The molecule has 1 aliphatic heterocycles. The lowest BCUT2D eigenvalue weighted by atomic mass is 9.98. The van der Waals surface area contributed by atoms with Crippen molar-refractivity contribution in [1.29, 1.82) is 0 Å². The van der Waals surface area contributed by atoms with E-state index in [4.69, 9.17) is 9.57 Å². The molecule has 0 bridgehead atoms. The molecule has 0 spiro atoms. The fourth-order valence-corrected chi connectivity index (χ4v) is 6.12. The van der Waals surface area contributed by atoms with Crippen molar-refractivity contribution in [3.8, 4) is 11.1 Å². The van der Waals surface area contributed by atoms with Crippen LogP contribution in [-0.4, -0.2) is 43.5 Å². The van der Waals surface area contributed by atoms with E-state index in [0.717, 1.165) is 46.5 Å². The first kappa shape index (κ1) is 29.2. The number of alkyl carbamates (subject to hydrolysis) is 1. The Morgan fingerprint density at radius 3 is 2.09 bits per heavy atom. The summed E-state index contributed by atoms with van der Waals surface area (Å²) in [6.45, 7) is 4.10. The van der Waals surface area contributed by atoms with Crippen LogP contribution in [0.2, 0.25) is 0 Å². The lowest BCUT2D eigenvalue weighted by Crippen LogP contribution is -2.43. The molecule has 0 unspecified atom stereocenters. The zero-order valence-corrected chi connectivity index (χ0v) is 24.9. The van der Waals surface area contributed by atoms with Crippen LogP contribution in [-0.2, 0) is 20.8 Å². The largest absolute Gasteiger partial charge is 0.449 e. The summed E-state index contributed by atoms with van der Waals surface area (Å²) in [7, 11) is 0. The van der Waals surface area contributed by atoms with Crippen molar-refractivity contribution in [2.45, 2.75) is 44.6 Å². The van der Waals surface area contributed by atoms with Crippen molar-refractivity contribution in [2.75, 3.05) is 24.6 Å². The third-order valence-electron chi connectivity index (χ3n) is 8.48. The monoisotopic (exact) mass is 587 g/mol. The maximum Gasteiger partial charge on any atom is 0.407 e. The summed E-state index contributed by atoms with van der Waals surface area (Å²) in [6, 6.07) is 33.0. The fraction of sp³-hybridized carbons (Fsp3) is 0.270. The molecule has 6 rings (SSSR count). The topological polar surface area (TPSA) is 80.2 Å². The van der Waals surface area contributed by atoms with Gasteiger partial charge in [0.2, 0.25) is 0 Å². The van der Waals surface area contributed by atoms with Crippen LogP contribution in [0, 0.1) is 0 Å². The Balaban J connectivity index is 1.11. The van der Waals surface area contributed by atoms with Crippen LogP contribution < -0.4 is 10.2 Å². The average molecular weight is 588 g/mol. The lowest BCUT2D eigenvalue weighted by molar-refractivity contribution is -0.146. The van der Waals surface area contributed by atoms with E-state index in [1.165, 1.54) is 24.9 Å². The van der Waals surface area contributed by atoms with Gasteiger partial charge in [-0.05, 0) is 71.7 Å². The van der Waals surface area contributed by atoms with E-state index < -0.39 is 18.1 Å². The van der Waals surface area contributed by atoms with E-state index in [0.29, 0.717) is 5.71 Å². The number of carbonyl (C=O) groups is 2. The number of nitrogens with zero attached hydrogens (tertiary/aromatic N) is 2. The SMILES string of the molecule is C/C(=N\OC(=O)[C@H](Cc1ccccc1)NC(=O)OCC1c2ccccc2-c2ccccc21)c1ccc(N2CCCCC2)cc1. The number of piperidine rings is 1. The van der Waals surface area contributed by atoms with Crippen LogP contribution in [0.5, 0.6) is 0 Å². The number of benzene rings is 4. The van der Waals surface area contributed by atoms with Crippen LogP contribution in [0.4, 0.5) is 10.5 Å². The smallest absolute Gasteiger partial charge is 0.407 e. The Bertz CT molecular complexity index is 1580. The number of carbonyl (C=O) groups excluding carboxylic acids is 2. The third kappa shape index (κ3) is 6.67. The molecule has 2 aliphatic rings. The van der Waals surface area contributed by atoms with Gasteiger partial charge in [0, 0.05) is 31.1 Å². The summed E-state index contributed by atoms with van der Waals surface area (Å²) < 4.78 is 5.72. The van der Waals surface area contributed by atoms with E-state index in [2.05, 4.69) is 51.8 Å². The average Bonchev–Trinajstić information content (AvgIpc) is 3.40. The molecule has 1 N–H and O–H groups in total. The van der Waals surface area contributed by atoms with E-state index in [1.807, 2.05) is 66.7 Å². The number of amides is 1. The van der Waals surface area contributed by atoms with Crippen molar-refractivity contribution >= 4 is 23.5 Å². The molecule has 0 saturated carbocycles. The molecule has 1 saturated heterocycles. The van der Waals surface area contributed by atoms with Gasteiger partial charge in [-0.2, -0.15) is 0 Å². The first-order chi connectivity index (χ1) is 21.6. The summed E-state index contributed by atoms with van der Waals surface area (Å²) in [4.78, 5) is 34.1. The quantitative estimate of drug-likeness (QED) is 0.128. The summed E-state index contributed by atoms with van der Waals surface area (Å²) >= 11 is 0. The molecule has 7 heteroatoms. The van der Waals surface area contributed by atoms with E-state index in [1.54, 1.807) is 6.92 Å². The minimum absolute atomic E-state index is 0.0822. The maximum atomic E-state index is 13.3.